The van der Waals surface area contributed by atoms with Crippen LogP contribution in [0.4, 0.5) is 0 Å². The first-order valence-electron chi connectivity index (χ1n) is 6.34. The van der Waals surface area contributed by atoms with Crippen LogP contribution in [-0.4, -0.2) is 70.8 Å². The summed E-state index contributed by atoms with van der Waals surface area (Å²) >= 11 is -2.53. The molecule has 0 aromatic heterocycles. The van der Waals surface area contributed by atoms with Gasteiger partial charge in [0.15, 0.2) is 0 Å². The first-order valence-corrected chi connectivity index (χ1v) is 11.8. The van der Waals surface area contributed by atoms with Crippen molar-refractivity contribution in [3.05, 3.63) is 0 Å². The molecule has 1 atom stereocenters. The van der Waals surface area contributed by atoms with Gasteiger partial charge in [-0.25, -0.2) is 0 Å². The van der Waals surface area contributed by atoms with Crippen molar-refractivity contribution in [1.29, 1.82) is 0 Å². The molecule has 0 N–H and O–H groups in total. The van der Waals surface area contributed by atoms with Crippen LogP contribution in [0, 0.1) is 0 Å². The summed E-state index contributed by atoms with van der Waals surface area (Å²) in [6.45, 7) is 4.73. The molecule has 0 aliphatic rings. The molecule has 98 valence electrons. The van der Waals surface area contributed by atoms with E-state index in [1.54, 1.807) is 0 Å². The van der Waals surface area contributed by atoms with Crippen molar-refractivity contribution in [1.82, 2.24) is 9.36 Å². The molecule has 0 aliphatic carbocycles. The summed E-state index contributed by atoms with van der Waals surface area (Å²) in [4.78, 5) is 0. The Labute approximate surface area is 108 Å². The minimum atomic E-state index is -2.53. The molecule has 4 heteroatoms. The van der Waals surface area contributed by atoms with E-state index in [0.29, 0.717) is 0 Å². The Morgan fingerprint density at radius 2 is 1.25 bits per heavy atom. The van der Waals surface area contributed by atoms with Crippen LogP contribution in [0.1, 0.15) is 33.1 Å². The Kier molecular flexibility index (Phi) is 7.49. The monoisotopic (exact) mass is 337 g/mol. The van der Waals surface area contributed by atoms with Crippen molar-refractivity contribution >= 4 is 19.2 Å². The van der Waals surface area contributed by atoms with Gasteiger partial charge >= 0.3 is 108 Å². The molecule has 0 aliphatic heterocycles. The average molecular weight is 336 g/mol. The fourth-order valence-electron chi connectivity index (χ4n) is 3.23. The van der Waals surface area contributed by atoms with Gasteiger partial charge < -0.3 is 0 Å². The van der Waals surface area contributed by atoms with Crippen molar-refractivity contribution < 1.29 is 0 Å². The zero-order chi connectivity index (χ0) is 12.9. The second-order valence-electron chi connectivity index (χ2n) is 5.41. The first kappa shape index (κ1) is 16.7. The van der Waals surface area contributed by atoms with Gasteiger partial charge in [0.05, 0.1) is 0 Å². The van der Waals surface area contributed by atoms with Crippen LogP contribution < -0.4 is 0 Å². The number of unbranched alkanes of at least 4 members (excludes halogenated alkanes) is 1. The number of rotatable bonds is 7. The van der Waals surface area contributed by atoms with Crippen LogP contribution in [0.3, 0.4) is 0 Å². The van der Waals surface area contributed by atoms with Crippen LogP contribution in [0.15, 0.2) is 0 Å². The standard InChI is InChI=1S/C6H13.3C2H6N.Sn/c1-3-5-6-4-2;3*1-3-2;/h3H,4-6H2,1-2H3;3*1-2H3;/q;3*-1;+3. The summed E-state index contributed by atoms with van der Waals surface area (Å²) in [7, 11) is 13.6. The number of nitrogens with zero attached hydrogens (tertiary/aromatic N) is 3. The van der Waals surface area contributed by atoms with Crippen molar-refractivity contribution in [2.45, 2.75) is 37.0 Å². The molecule has 0 amide bonds. The molecule has 16 heavy (non-hydrogen) atoms. The maximum atomic E-state index is 2.54. The number of hydrogen-bond donors (Lipinski definition) is 0. The van der Waals surface area contributed by atoms with Gasteiger partial charge in [-0.1, -0.05) is 0 Å². The Morgan fingerprint density at radius 3 is 1.50 bits per heavy atom. The van der Waals surface area contributed by atoms with Crippen molar-refractivity contribution in [2.24, 2.45) is 0 Å². The molecule has 0 aromatic rings. The van der Waals surface area contributed by atoms with Gasteiger partial charge in [0, 0.05) is 0 Å². The fourth-order valence-corrected chi connectivity index (χ4v) is 19.3. The molecule has 1 unspecified atom stereocenters. The third-order valence-electron chi connectivity index (χ3n) is 3.63. The molecule has 0 fully saturated rings. The second-order valence-corrected chi connectivity index (χ2v) is 19.8. The van der Waals surface area contributed by atoms with Crippen LogP contribution >= 0.6 is 0 Å². The summed E-state index contributed by atoms with van der Waals surface area (Å²) in [6.07, 6.45) is 4.02. The molecule has 0 aromatic carbocycles. The molecular formula is C12H31N3Sn. The Morgan fingerprint density at radius 1 is 0.875 bits per heavy atom. The molecule has 0 heterocycles. The van der Waals surface area contributed by atoms with Crippen LogP contribution in [0.5, 0.6) is 0 Å². The Bertz CT molecular complexity index is 171. The molecule has 0 rings (SSSR count). The molecular weight excluding hydrogens is 305 g/mol. The quantitative estimate of drug-likeness (QED) is 0.660. The molecule has 0 saturated heterocycles. The van der Waals surface area contributed by atoms with Gasteiger partial charge in [0.25, 0.3) is 0 Å². The zero-order valence-corrected chi connectivity index (χ0v) is 15.4. The van der Waals surface area contributed by atoms with Gasteiger partial charge in [0.2, 0.25) is 0 Å². The number of hydrogen-bond acceptors (Lipinski definition) is 3. The van der Waals surface area contributed by atoms with Gasteiger partial charge in [-0.3, -0.25) is 0 Å². The minimum absolute atomic E-state index is 0.828. The van der Waals surface area contributed by atoms with E-state index in [4.69, 9.17) is 0 Å². The third-order valence-corrected chi connectivity index (χ3v) is 19.5. The van der Waals surface area contributed by atoms with Gasteiger partial charge in [-0.2, -0.15) is 0 Å². The van der Waals surface area contributed by atoms with Crippen LogP contribution in [0.2, 0.25) is 3.93 Å². The van der Waals surface area contributed by atoms with E-state index in [1.165, 1.54) is 19.3 Å². The van der Waals surface area contributed by atoms with E-state index < -0.39 is 19.2 Å². The third kappa shape index (κ3) is 3.34. The van der Waals surface area contributed by atoms with E-state index in [-0.39, 0.29) is 0 Å². The summed E-state index contributed by atoms with van der Waals surface area (Å²) in [5, 5.41) is 0. The average Bonchev–Trinajstić information content (AvgIpc) is 2.13. The van der Waals surface area contributed by atoms with E-state index in [0.717, 1.165) is 3.93 Å². The van der Waals surface area contributed by atoms with E-state index >= 15 is 0 Å². The van der Waals surface area contributed by atoms with Crippen molar-refractivity contribution in [3.8, 4) is 0 Å². The maximum absolute atomic E-state index is 2.54. The Hall–Kier alpha value is 0.679. The normalized spacial score (nSPS) is 15.2. The fraction of sp³-hybridized carbons (Fsp3) is 1.00. The summed E-state index contributed by atoms with van der Waals surface area (Å²) in [5.41, 5.74) is 0. The molecule has 0 saturated carbocycles. The predicted molar refractivity (Wildman–Crippen MR) is 75.8 cm³/mol. The zero-order valence-electron chi connectivity index (χ0n) is 12.5. The van der Waals surface area contributed by atoms with E-state index in [1.807, 2.05) is 0 Å². The summed E-state index contributed by atoms with van der Waals surface area (Å²) < 4.78 is 8.44. The summed E-state index contributed by atoms with van der Waals surface area (Å²) in [5.74, 6) is 0. The van der Waals surface area contributed by atoms with Gasteiger partial charge in [0.1, 0.15) is 0 Å². The topological polar surface area (TPSA) is 9.72 Å². The molecule has 3 nitrogen and oxygen atoms in total. The van der Waals surface area contributed by atoms with Crippen LogP contribution in [-0.2, 0) is 0 Å². The molecule has 0 bridgehead atoms. The van der Waals surface area contributed by atoms with E-state index in [2.05, 4.69) is 65.5 Å². The SMILES string of the molecule is CCCC[CH](C)[Sn]([N](C)C)([N](C)C)[N](C)C. The van der Waals surface area contributed by atoms with Crippen molar-refractivity contribution in [3.63, 3.8) is 0 Å². The first-order chi connectivity index (χ1) is 7.31. The van der Waals surface area contributed by atoms with Gasteiger partial charge in [-0.05, 0) is 0 Å². The summed E-state index contributed by atoms with van der Waals surface area (Å²) in [6, 6.07) is 0. The Balaban J connectivity index is 5.02. The van der Waals surface area contributed by atoms with Crippen molar-refractivity contribution in [2.75, 3.05) is 42.3 Å². The molecule has 0 radical (unpaired) electrons. The predicted octanol–water partition coefficient (Wildman–Crippen LogP) is 2.19. The van der Waals surface area contributed by atoms with E-state index in [9.17, 15) is 0 Å². The second kappa shape index (κ2) is 7.19. The van der Waals surface area contributed by atoms with Gasteiger partial charge in [-0.15, -0.1) is 0 Å². The molecule has 0 spiro atoms. The van der Waals surface area contributed by atoms with Crippen LogP contribution in [0.25, 0.3) is 0 Å².